The maximum absolute atomic E-state index is 12.6. The molecule has 3 aromatic carbocycles. The maximum atomic E-state index is 12.6. The summed E-state index contributed by atoms with van der Waals surface area (Å²) in [4.78, 5) is 12.6. The molecule has 0 aliphatic carbocycles. The molecule has 7 heteroatoms. The largest absolute Gasteiger partial charge is 0.486 e. The number of amides is 1. The molecule has 1 aliphatic rings. The van der Waals surface area contributed by atoms with Gasteiger partial charge in [0.2, 0.25) is 11.8 Å². The minimum atomic E-state index is -0.228. The quantitative estimate of drug-likeness (QED) is 0.520. The molecule has 0 bridgehead atoms. The van der Waals surface area contributed by atoms with Crippen LogP contribution in [0.5, 0.6) is 11.5 Å². The predicted octanol–water partition coefficient (Wildman–Crippen LogP) is 4.74. The molecule has 4 aromatic rings. The average Bonchev–Trinajstić information content (AvgIpc) is 3.30. The molecule has 1 aliphatic heterocycles. The molecule has 0 atom stereocenters. The minimum absolute atomic E-state index is 0.228. The predicted molar refractivity (Wildman–Crippen MR) is 115 cm³/mol. The van der Waals surface area contributed by atoms with Crippen LogP contribution in [0, 0.1) is 6.92 Å². The molecular formula is C24H19N3O4. The second-order valence-corrected chi connectivity index (χ2v) is 7.17. The minimum Gasteiger partial charge on any atom is -0.486 e. The van der Waals surface area contributed by atoms with Gasteiger partial charge >= 0.3 is 0 Å². The summed E-state index contributed by atoms with van der Waals surface area (Å²) in [5.41, 5.74) is 3.91. The number of hydrogen-bond acceptors (Lipinski definition) is 6. The molecular weight excluding hydrogens is 394 g/mol. The normalized spacial score (nSPS) is 12.4. The summed E-state index contributed by atoms with van der Waals surface area (Å²) in [5.74, 6) is 1.93. The fraction of sp³-hybridized carbons (Fsp3) is 0.125. The smallest absolute Gasteiger partial charge is 0.255 e. The summed E-state index contributed by atoms with van der Waals surface area (Å²) >= 11 is 0. The van der Waals surface area contributed by atoms with E-state index >= 15 is 0 Å². The second-order valence-electron chi connectivity index (χ2n) is 7.17. The van der Waals surface area contributed by atoms with Crippen molar-refractivity contribution in [2.75, 3.05) is 18.5 Å². The lowest BCUT2D eigenvalue weighted by molar-refractivity contribution is 0.102. The monoisotopic (exact) mass is 413 g/mol. The summed E-state index contributed by atoms with van der Waals surface area (Å²) in [7, 11) is 0. The lowest BCUT2D eigenvalue weighted by Gasteiger charge is -2.19. The third-order valence-corrected chi connectivity index (χ3v) is 4.92. The van der Waals surface area contributed by atoms with Gasteiger partial charge in [-0.1, -0.05) is 17.7 Å². The molecule has 5 rings (SSSR count). The van der Waals surface area contributed by atoms with E-state index in [0.717, 1.165) is 16.7 Å². The molecule has 0 fully saturated rings. The number of benzene rings is 3. The summed E-state index contributed by atoms with van der Waals surface area (Å²) in [5, 5.41) is 11.1. The Labute approximate surface area is 178 Å². The van der Waals surface area contributed by atoms with E-state index in [4.69, 9.17) is 13.9 Å². The van der Waals surface area contributed by atoms with Crippen molar-refractivity contribution in [3.63, 3.8) is 0 Å². The Kier molecular flexibility index (Phi) is 4.84. The SMILES string of the molecule is Cc1ccc(-c2nnc(-c3ccc(C(=O)Nc4ccc5c(c4)OCCO5)cc3)o2)cc1. The first-order valence-corrected chi connectivity index (χ1v) is 9.88. The molecule has 0 radical (unpaired) electrons. The van der Waals surface area contributed by atoms with Crippen molar-refractivity contribution >= 4 is 11.6 Å². The number of hydrogen-bond donors (Lipinski definition) is 1. The Morgan fingerprint density at radius 1 is 0.806 bits per heavy atom. The fourth-order valence-corrected chi connectivity index (χ4v) is 3.24. The van der Waals surface area contributed by atoms with Crippen LogP contribution in [0.2, 0.25) is 0 Å². The standard InChI is InChI=1S/C24H19N3O4/c1-15-2-4-17(5-3-15)23-26-27-24(31-23)18-8-6-16(7-9-18)22(28)25-19-10-11-20-21(14-19)30-13-12-29-20/h2-11,14H,12-13H2,1H3,(H,25,28). The molecule has 0 unspecified atom stereocenters. The highest BCUT2D eigenvalue weighted by Gasteiger charge is 2.15. The summed E-state index contributed by atoms with van der Waals surface area (Å²) < 4.78 is 16.9. The van der Waals surface area contributed by atoms with Crippen molar-refractivity contribution in [3.8, 4) is 34.4 Å². The van der Waals surface area contributed by atoms with E-state index in [9.17, 15) is 4.79 Å². The van der Waals surface area contributed by atoms with Gasteiger partial charge in [0.05, 0.1) is 0 Å². The zero-order chi connectivity index (χ0) is 21.2. The fourth-order valence-electron chi connectivity index (χ4n) is 3.24. The van der Waals surface area contributed by atoms with Crippen LogP contribution in [0.25, 0.3) is 22.9 Å². The third-order valence-electron chi connectivity index (χ3n) is 4.92. The van der Waals surface area contributed by atoms with Gasteiger partial charge in [-0.15, -0.1) is 10.2 Å². The highest BCUT2D eigenvalue weighted by atomic mass is 16.6. The van der Waals surface area contributed by atoms with Crippen LogP contribution in [0.1, 0.15) is 15.9 Å². The van der Waals surface area contributed by atoms with Crippen LogP contribution >= 0.6 is 0 Å². The topological polar surface area (TPSA) is 86.5 Å². The Balaban J connectivity index is 1.30. The van der Waals surface area contributed by atoms with Crippen molar-refractivity contribution in [1.82, 2.24) is 10.2 Å². The Morgan fingerprint density at radius 3 is 2.10 bits per heavy atom. The second kappa shape index (κ2) is 7.95. The third kappa shape index (κ3) is 3.98. The van der Waals surface area contributed by atoms with Crippen LogP contribution < -0.4 is 14.8 Å². The van der Waals surface area contributed by atoms with Crippen molar-refractivity contribution in [2.45, 2.75) is 6.92 Å². The van der Waals surface area contributed by atoms with Gasteiger partial charge in [0.25, 0.3) is 5.91 Å². The van der Waals surface area contributed by atoms with Crippen LogP contribution in [0.15, 0.2) is 71.1 Å². The van der Waals surface area contributed by atoms with Gasteiger partial charge in [0.15, 0.2) is 11.5 Å². The summed E-state index contributed by atoms with van der Waals surface area (Å²) in [6, 6.07) is 20.2. The first-order valence-electron chi connectivity index (χ1n) is 9.88. The highest BCUT2D eigenvalue weighted by Crippen LogP contribution is 2.32. The lowest BCUT2D eigenvalue weighted by Crippen LogP contribution is -2.16. The van der Waals surface area contributed by atoms with Crippen molar-refractivity contribution < 1.29 is 18.7 Å². The molecule has 31 heavy (non-hydrogen) atoms. The number of carbonyl (C=O) groups is 1. The highest BCUT2D eigenvalue weighted by molar-refractivity contribution is 6.04. The summed E-state index contributed by atoms with van der Waals surface area (Å²) in [6.45, 7) is 3.04. The number of nitrogens with one attached hydrogen (secondary N) is 1. The molecule has 1 aromatic heterocycles. The van der Waals surface area contributed by atoms with Crippen molar-refractivity contribution in [3.05, 3.63) is 77.9 Å². The van der Waals surface area contributed by atoms with Crippen molar-refractivity contribution in [2.24, 2.45) is 0 Å². The van der Waals surface area contributed by atoms with E-state index in [0.29, 0.717) is 47.7 Å². The van der Waals surface area contributed by atoms with Gasteiger partial charge in [0, 0.05) is 28.4 Å². The molecule has 1 amide bonds. The van der Waals surface area contributed by atoms with Gasteiger partial charge in [-0.3, -0.25) is 4.79 Å². The van der Waals surface area contributed by atoms with E-state index in [-0.39, 0.29) is 5.91 Å². The van der Waals surface area contributed by atoms with Gasteiger partial charge in [0.1, 0.15) is 13.2 Å². The molecule has 0 saturated heterocycles. The maximum Gasteiger partial charge on any atom is 0.255 e. The Hall–Kier alpha value is -4.13. The molecule has 1 N–H and O–H groups in total. The van der Waals surface area contributed by atoms with Gasteiger partial charge in [-0.05, 0) is 55.5 Å². The van der Waals surface area contributed by atoms with Gasteiger partial charge in [-0.2, -0.15) is 0 Å². The number of fused-ring (bicyclic) bond motifs is 1. The van der Waals surface area contributed by atoms with Gasteiger partial charge < -0.3 is 19.2 Å². The molecule has 2 heterocycles. The van der Waals surface area contributed by atoms with E-state index in [2.05, 4.69) is 15.5 Å². The van der Waals surface area contributed by atoms with E-state index in [1.165, 1.54) is 0 Å². The van der Waals surface area contributed by atoms with Crippen LogP contribution in [-0.2, 0) is 0 Å². The Bertz CT molecular complexity index is 1230. The number of carbonyl (C=O) groups excluding carboxylic acids is 1. The number of ether oxygens (including phenoxy) is 2. The van der Waals surface area contributed by atoms with E-state index < -0.39 is 0 Å². The van der Waals surface area contributed by atoms with Crippen LogP contribution in [0.4, 0.5) is 5.69 Å². The zero-order valence-corrected chi connectivity index (χ0v) is 16.8. The molecule has 7 nitrogen and oxygen atoms in total. The average molecular weight is 413 g/mol. The van der Waals surface area contributed by atoms with Crippen LogP contribution in [0.3, 0.4) is 0 Å². The molecule has 0 saturated carbocycles. The van der Waals surface area contributed by atoms with E-state index in [1.54, 1.807) is 42.5 Å². The first-order chi connectivity index (χ1) is 15.2. The van der Waals surface area contributed by atoms with Gasteiger partial charge in [-0.25, -0.2) is 0 Å². The summed E-state index contributed by atoms with van der Waals surface area (Å²) in [6.07, 6.45) is 0. The van der Waals surface area contributed by atoms with E-state index in [1.807, 2.05) is 31.2 Å². The number of aromatic nitrogens is 2. The molecule has 0 spiro atoms. The molecule has 154 valence electrons. The number of anilines is 1. The van der Waals surface area contributed by atoms with Crippen LogP contribution in [-0.4, -0.2) is 29.3 Å². The zero-order valence-electron chi connectivity index (χ0n) is 16.8. The number of rotatable bonds is 4. The Morgan fingerprint density at radius 2 is 1.42 bits per heavy atom. The lowest BCUT2D eigenvalue weighted by atomic mass is 10.1. The first kappa shape index (κ1) is 18.9. The van der Waals surface area contributed by atoms with Crippen molar-refractivity contribution in [1.29, 1.82) is 0 Å². The number of aryl methyl sites for hydroxylation is 1. The number of nitrogens with zero attached hydrogens (tertiary/aromatic N) is 2.